The van der Waals surface area contributed by atoms with Crippen molar-refractivity contribution in [3.63, 3.8) is 0 Å². The van der Waals surface area contributed by atoms with E-state index in [9.17, 15) is 14.9 Å². The smallest absolute Gasteiger partial charge is 0.300 e. The minimum absolute atomic E-state index is 0.0571. The Morgan fingerprint density at radius 1 is 1.70 bits per heavy atom. The van der Waals surface area contributed by atoms with Gasteiger partial charge >= 0.3 is 0 Å². The summed E-state index contributed by atoms with van der Waals surface area (Å²) < 4.78 is 5.42. The predicted octanol–water partition coefficient (Wildman–Crippen LogP) is 0.869. The number of nitrogens with two attached hydrogens (primary N) is 1. The summed E-state index contributed by atoms with van der Waals surface area (Å²) in [7, 11) is 0. The van der Waals surface area contributed by atoms with Crippen LogP contribution in [0, 0.1) is 10.1 Å². The molecule has 2 atom stereocenters. The summed E-state index contributed by atoms with van der Waals surface area (Å²) in [6.07, 6.45) is 1.47. The standard InChI is InChI=1S/C12H16N4O4/c1-7-12(2,3-4-20-7)15-11(17)8-5-10(13)14-6-9(8)16(18)19/h5-7H,3-4H2,1-2H3,(H2,13,14)(H,15,17). The first kappa shape index (κ1) is 14.2. The molecule has 8 nitrogen and oxygen atoms in total. The molecule has 20 heavy (non-hydrogen) atoms. The van der Waals surface area contributed by atoms with Crippen LogP contribution in [-0.4, -0.2) is 34.1 Å². The SMILES string of the molecule is CC1OCCC1(C)NC(=O)c1cc(N)ncc1[N+](=O)[O-]. The van der Waals surface area contributed by atoms with Gasteiger partial charge < -0.3 is 15.8 Å². The second kappa shape index (κ2) is 5.04. The Morgan fingerprint density at radius 3 is 2.95 bits per heavy atom. The maximum atomic E-state index is 12.3. The maximum Gasteiger partial charge on any atom is 0.300 e. The first-order valence-electron chi connectivity index (χ1n) is 6.17. The van der Waals surface area contributed by atoms with Gasteiger partial charge in [-0.15, -0.1) is 0 Å². The zero-order valence-corrected chi connectivity index (χ0v) is 11.3. The average molecular weight is 280 g/mol. The molecule has 2 unspecified atom stereocenters. The van der Waals surface area contributed by atoms with E-state index in [-0.39, 0.29) is 23.2 Å². The van der Waals surface area contributed by atoms with Crippen molar-refractivity contribution in [2.45, 2.75) is 31.9 Å². The molecule has 1 aromatic heterocycles. The van der Waals surface area contributed by atoms with E-state index in [1.165, 1.54) is 6.07 Å². The Labute approximate surface area is 115 Å². The summed E-state index contributed by atoms with van der Waals surface area (Å²) in [6, 6.07) is 1.21. The second-order valence-corrected chi connectivity index (χ2v) is 5.02. The Balaban J connectivity index is 2.29. The van der Waals surface area contributed by atoms with Crippen LogP contribution >= 0.6 is 0 Å². The van der Waals surface area contributed by atoms with Crippen molar-refractivity contribution >= 4 is 17.4 Å². The van der Waals surface area contributed by atoms with E-state index in [2.05, 4.69) is 10.3 Å². The Morgan fingerprint density at radius 2 is 2.40 bits per heavy atom. The van der Waals surface area contributed by atoms with Crippen LogP contribution in [0.4, 0.5) is 11.5 Å². The number of carbonyl (C=O) groups is 1. The number of rotatable bonds is 3. The van der Waals surface area contributed by atoms with E-state index in [1.807, 2.05) is 13.8 Å². The van der Waals surface area contributed by atoms with Gasteiger partial charge in [0.25, 0.3) is 11.6 Å². The topological polar surface area (TPSA) is 120 Å². The number of hydrogen-bond acceptors (Lipinski definition) is 6. The van der Waals surface area contributed by atoms with Crippen LogP contribution in [-0.2, 0) is 4.74 Å². The zero-order chi connectivity index (χ0) is 14.9. The number of pyridine rings is 1. The number of amides is 1. The lowest BCUT2D eigenvalue weighted by molar-refractivity contribution is -0.385. The molecule has 2 rings (SSSR count). The molecule has 0 bridgehead atoms. The molecule has 1 aliphatic heterocycles. The summed E-state index contributed by atoms with van der Waals surface area (Å²) in [4.78, 5) is 26.2. The molecule has 1 saturated heterocycles. The fourth-order valence-corrected chi connectivity index (χ4v) is 2.12. The normalized spacial score (nSPS) is 25.4. The third-order valence-electron chi connectivity index (χ3n) is 3.63. The van der Waals surface area contributed by atoms with E-state index in [4.69, 9.17) is 10.5 Å². The maximum absolute atomic E-state index is 12.3. The first-order valence-corrected chi connectivity index (χ1v) is 6.17. The number of nitrogens with one attached hydrogen (secondary N) is 1. The van der Waals surface area contributed by atoms with Gasteiger partial charge in [0.1, 0.15) is 17.6 Å². The van der Waals surface area contributed by atoms with Gasteiger partial charge in [-0.3, -0.25) is 14.9 Å². The average Bonchev–Trinajstić information content (AvgIpc) is 2.68. The van der Waals surface area contributed by atoms with Crippen molar-refractivity contribution in [3.8, 4) is 0 Å². The van der Waals surface area contributed by atoms with Crippen LogP contribution in [0.25, 0.3) is 0 Å². The molecule has 0 radical (unpaired) electrons. The highest BCUT2D eigenvalue weighted by Crippen LogP contribution is 2.27. The first-order chi connectivity index (χ1) is 9.33. The fraction of sp³-hybridized carbons (Fsp3) is 0.500. The summed E-state index contributed by atoms with van der Waals surface area (Å²) in [5.41, 5.74) is 4.48. The monoisotopic (exact) mass is 280 g/mol. The Bertz CT molecular complexity index is 562. The molecule has 8 heteroatoms. The van der Waals surface area contributed by atoms with Crippen LogP contribution in [0.5, 0.6) is 0 Å². The van der Waals surface area contributed by atoms with Gasteiger partial charge in [-0.2, -0.15) is 0 Å². The van der Waals surface area contributed by atoms with Gasteiger partial charge in [-0.1, -0.05) is 0 Å². The van der Waals surface area contributed by atoms with Crippen molar-refractivity contribution in [2.75, 3.05) is 12.3 Å². The van der Waals surface area contributed by atoms with E-state index in [0.29, 0.717) is 13.0 Å². The summed E-state index contributed by atoms with van der Waals surface area (Å²) in [5, 5.41) is 13.7. The van der Waals surface area contributed by atoms with Gasteiger partial charge in [-0.25, -0.2) is 4.98 Å². The van der Waals surface area contributed by atoms with Gasteiger partial charge in [-0.05, 0) is 26.3 Å². The van der Waals surface area contributed by atoms with E-state index in [0.717, 1.165) is 6.20 Å². The number of carbonyl (C=O) groups excluding carboxylic acids is 1. The number of nitrogen functional groups attached to an aromatic ring is 1. The predicted molar refractivity (Wildman–Crippen MR) is 71.2 cm³/mol. The van der Waals surface area contributed by atoms with E-state index >= 15 is 0 Å². The second-order valence-electron chi connectivity index (χ2n) is 5.02. The highest BCUT2D eigenvalue weighted by Gasteiger charge is 2.39. The van der Waals surface area contributed by atoms with Crippen LogP contribution in [0.1, 0.15) is 30.6 Å². The lowest BCUT2D eigenvalue weighted by Gasteiger charge is -2.28. The largest absolute Gasteiger partial charge is 0.384 e. The molecular weight excluding hydrogens is 264 g/mol. The van der Waals surface area contributed by atoms with Crippen molar-refractivity contribution in [2.24, 2.45) is 0 Å². The third-order valence-corrected chi connectivity index (χ3v) is 3.63. The molecule has 1 aromatic rings. The molecular formula is C12H16N4O4. The summed E-state index contributed by atoms with van der Waals surface area (Å²) in [6.45, 7) is 4.24. The molecule has 0 aliphatic carbocycles. The molecule has 0 aromatic carbocycles. The van der Waals surface area contributed by atoms with E-state index in [1.54, 1.807) is 0 Å². The lowest BCUT2D eigenvalue weighted by Crippen LogP contribution is -2.50. The van der Waals surface area contributed by atoms with Crippen LogP contribution in [0.15, 0.2) is 12.3 Å². The number of hydrogen-bond donors (Lipinski definition) is 2. The number of ether oxygens (including phenoxy) is 1. The van der Waals surface area contributed by atoms with Crippen LogP contribution in [0.2, 0.25) is 0 Å². The van der Waals surface area contributed by atoms with Gasteiger partial charge in [0.15, 0.2) is 0 Å². The van der Waals surface area contributed by atoms with Crippen molar-refractivity contribution in [3.05, 3.63) is 27.9 Å². The highest BCUT2D eigenvalue weighted by molar-refractivity contribution is 5.99. The van der Waals surface area contributed by atoms with Crippen molar-refractivity contribution in [1.82, 2.24) is 10.3 Å². The molecule has 0 saturated carbocycles. The Kier molecular flexibility index (Phi) is 3.58. The Hall–Kier alpha value is -2.22. The number of anilines is 1. The van der Waals surface area contributed by atoms with Crippen LogP contribution < -0.4 is 11.1 Å². The molecule has 1 aliphatic rings. The lowest BCUT2D eigenvalue weighted by atomic mass is 9.94. The molecule has 3 N–H and O–H groups in total. The molecule has 1 fully saturated rings. The fourth-order valence-electron chi connectivity index (χ4n) is 2.12. The molecule has 108 valence electrons. The van der Waals surface area contributed by atoms with Gasteiger partial charge in [0, 0.05) is 6.61 Å². The zero-order valence-electron chi connectivity index (χ0n) is 11.3. The van der Waals surface area contributed by atoms with Gasteiger partial charge in [0.05, 0.1) is 16.6 Å². The van der Waals surface area contributed by atoms with Crippen molar-refractivity contribution < 1.29 is 14.5 Å². The molecule has 1 amide bonds. The highest BCUT2D eigenvalue weighted by atomic mass is 16.6. The van der Waals surface area contributed by atoms with Gasteiger partial charge in [0.2, 0.25) is 0 Å². The quantitative estimate of drug-likeness (QED) is 0.626. The molecule has 2 heterocycles. The number of nitrogens with zero attached hydrogens (tertiary/aromatic N) is 2. The minimum Gasteiger partial charge on any atom is -0.384 e. The van der Waals surface area contributed by atoms with Crippen molar-refractivity contribution in [1.29, 1.82) is 0 Å². The molecule has 0 spiro atoms. The minimum atomic E-state index is -0.655. The third kappa shape index (κ3) is 2.55. The summed E-state index contributed by atoms with van der Waals surface area (Å²) in [5.74, 6) is -0.493. The van der Waals surface area contributed by atoms with E-state index < -0.39 is 16.4 Å². The summed E-state index contributed by atoms with van der Waals surface area (Å²) >= 11 is 0. The number of aromatic nitrogens is 1. The van der Waals surface area contributed by atoms with Crippen LogP contribution in [0.3, 0.4) is 0 Å². The number of nitro groups is 1.